The van der Waals surface area contributed by atoms with Crippen LogP contribution in [0.3, 0.4) is 0 Å². The van der Waals surface area contributed by atoms with Crippen LogP contribution in [0.5, 0.6) is 0 Å². The van der Waals surface area contributed by atoms with E-state index < -0.39 is 18.0 Å². The first-order valence-corrected chi connectivity index (χ1v) is 7.30. The first-order chi connectivity index (χ1) is 9.57. The Balaban J connectivity index is 3.55. The summed E-state index contributed by atoms with van der Waals surface area (Å²) in [4.78, 5) is 31.0. The maximum Gasteiger partial charge on any atom is 0.336 e. The number of rotatable bonds is 14. The van der Waals surface area contributed by atoms with Crippen molar-refractivity contribution in [2.45, 2.75) is 70.8 Å². The van der Waals surface area contributed by atoms with Gasteiger partial charge in [-0.1, -0.05) is 39.0 Å². The Kier molecular flexibility index (Phi) is 12.1. The molecule has 1 atom stereocenters. The van der Waals surface area contributed by atoms with Crippen molar-refractivity contribution < 1.29 is 29.6 Å². The van der Waals surface area contributed by atoms with Gasteiger partial charge in [-0.05, 0) is 19.3 Å². The molecule has 0 aromatic rings. The Morgan fingerprint density at radius 1 is 1.00 bits per heavy atom. The maximum absolute atomic E-state index is 10.9. The molecule has 0 heterocycles. The molecule has 0 rings (SSSR count). The number of hydrogen-bond donors (Lipinski definition) is 2. The highest BCUT2D eigenvalue weighted by molar-refractivity contribution is 5.72. The second-order valence-electron chi connectivity index (χ2n) is 4.80. The molecular weight excluding hydrogens is 264 g/mol. The average Bonchev–Trinajstić information content (AvgIpc) is 2.39. The van der Waals surface area contributed by atoms with E-state index in [1.54, 1.807) is 0 Å². The summed E-state index contributed by atoms with van der Waals surface area (Å²) in [6.07, 6.45) is 5.58. The summed E-state index contributed by atoms with van der Waals surface area (Å²) in [6, 6.07) is 0. The van der Waals surface area contributed by atoms with E-state index in [9.17, 15) is 9.59 Å². The van der Waals surface area contributed by atoms with Crippen molar-refractivity contribution in [1.82, 2.24) is 0 Å². The summed E-state index contributed by atoms with van der Waals surface area (Å²) in [6.45, 7) is 2.43. The molecule has 0 saturated carbocycles. The molecule has 0 spiro atoms. The smallest absolute Gasteiger partial charge is 0.336 e. The summed E-state index contributed by atoms with van der Waals surface area (Å²) in [5.74, 6) is -1.78. The molecule has 20 heavy (non-hydrogen) atoms. The summed E-state index contributed by atoms with van der Waals surface area (Å²) in [5.41, 5.74) is 0. The maximum atomic E-state index is 10.9. The van der Waals surface area contributed by atoms with E-state index >= 15 is 0 Å². The van der Waals surface area contributed by atoms with Crippen LogP contribution in [0, 0.1) is 0 Å². The fourth-order valence-corrected chi connectivity index (χ4v) is 1.68. The van der Waals surface area contributed by atoms with Gasteiger partial charge in [-0.15, -0.1) is 0 Å². The van der Waals surface area contributed by atoms with E-state index in [2.05, 4.69) is 0 Å². The summed E-state index contributed by atoms with van der Waals surface area (Å²) < 4.78 is 0. The van der Waals surface area contributed by atoms with Crippen molar-refractivity contribution in [2.24, 2.45) is 0 Å². The molecule has 6 nitrogen and oxygen atoms in total. The first-order valence-electron chi connectivity index (χ1n) is 7.30. The van der Waals surface area contributed by atoms with Gasteiger partial charge in [0, 0.05) is 6.42 Å². The van der Waals surface area contributed by atoms with Gasteiger partial charge < -0.3 is 10.2 Å². The van der Waals surface area contributed by atoms with Gasteiger partial charge in [0.2, 0.25) is 0 Å². The van der Waals surface area contributed by atoms with E-state index in [1.165, 1.54) is 0 Å². The molecule has 0 aliphatic heterocycles. The minimum absolute atomic E-state index is 0.201. The topological polar surface area (TPSA) is 93.1 Å². The molecular formula is C14H26O6. The number of aliphatic carboxylic acids is 2. The zero-order valence-corrected chi connectivity index (χ0v) is 12.2. The quantitative estimate of drug-likeness (QED) is 0.290. The Morgan fingerprint density at radius 2 is 1.65 bits per heavy atom. The molecule has 2 N–H and O–H groups in total. The van der Waals surface area contributed by atoms with Crippen LogP contribution in [-0.4, -0.2) is 34.9 Å². The van der Waals surface area contributed by atoms with E-state index in [4.69, 9.17) is 20.0 Å². The second-order valence-corrected chi connectivity index (χ2v) is 4.80. The molecule has 0 aliphatic carbocycles. The van der Waals surface area contributed by atoms with Gasteiger partial charge in [0.05, 0.1) is 6.61 Å². The van der Waals surface area contributed by atoms with Crippen LogP contribution in [0.15, 0.2) is 0 Å². The van der Waals surface area contributed by atoms with Crippen molar-refractivity contribution in [3.8, 4) is 0 Å². The summed E-state index contributed by atoms with van der Waals surface area (Å²) >= 11 is 0. The lowest BCUT2D eigenvalue weighted by Gasteiger charge is -2.12. The van der Waals surface area contributed by atoms with Gasteiger partial charge in [-0.25, -0.2) is 14.6 Å². The van der Waals surface area contributed by atoms with Crippen molar-refractivity contribution in [3.63, 3.8) is 0 Å². The van der Waals surface area contributed by atoms with Crippen LogP contribution in [0.4, 0.5) is 0 Å². The monoisotopic (exact) mass is 290 g/mol. The minimum atomic E-state index is -1.01. The molecule has 0 aliphatic rings. The Hall–Kier alpha value is -1.14. The van der Waals surface area contributed by atoms with Gasteiger partial charge >= 0.3 is 11.9 Å². The Bertz CT molecular complexity index is 266. The molecule has 0 radical (unpaired) electrons. The predicted octanol–water partition coefficient (Wildman–Crippen LogP) is 3.00. The van der Waals surface area contributed by atoms with Crippen LogP contribution < -0.4 is 0 Å². The molecule has 0 saturated heterocycles. The highest BCUT2D eigenvalue weighted by Gasteiger charge is 2.18. The van der Waals surface area contributed by atoms with E-state index in [1.807, 2.05) is 6.92 Å². The number of carbonyl (C=O) groups is 2. The lowest BCUT2D eigenvalue weighted by molar-refractivity contribution is -0.321. The third-order valence-electron chi connectivity index (χ3n) is 2.90. The number of carboxylic acids is 2. The third kappa shape index (κ3) is 11.9. The van der Waals surface area contributed by atoms with E-state index in [0.717, 1.165) is 38.5 Å². The number of hydrogen-bond acceptors (Lipinski definition) is 4. The van der Waals surface area contributed by atoms with Gasteiger partial charge in [0.25, 0.3) is 0 Å². The van der Waals surface area contributed by atoms with Crippen molar-refractivity contribution >= 4 is 11.9 Å². The molecule has 0 bridgehead atoms. The van der Waals surface area contributed by atoms with Crippen LogP contribution in [0.2, 0.25) is 0 Å². The molecule has 0 amide bonds. The molecule has 6 heteroatoms. The zero-order valence-electron chi connectivity index (χ0n) is 12.2. The molecule has 1 unspecified atom stereocenters. The van der Waals surface area contributed by atoms with Crippen LogP contribution in [0.25, 0.3) is 0 Å². The van der Waals surface area contributed by atoms with Gasteiger partial charge in [0.15, 0.2) is 6.10 Å². The molecule has 0 fully saturated rings. The highest BCUT2D eigenvalue weighted by atomic mass is 17.2. The van der Waals surface area contributed by atoms with Gasteiger partial charge in [0.1, 0.15) is 0 Å². The van der Waals surface area contributed by atoms with Gasteiger partial charge in [-0.3, -0.25) is 4.79 Å². The zero-order chi connectivity index (χ0) is 15.2. The molecule has 0 aromatic carbocycles. The normalized spacial score (nSPS) is 12.2. The fraction of sp³-hybridized carbons (Fsp3) is 0.857. The minimum Gasteiger partial charge on any atom is -0.481 e. The summed E-state index contributed by atoms with van der Waals surface area (Å²) in [5, 5.41) is 17.4. The lowest BCUT2D eigenvalue weighted by Crippen LogP contribution is -2.24. The highest BCUT2D eigenvalue weighted by Crippen LogP contribution is 2.11. The number of carboxylic acid groups (broad SMARTS) is 2. The van der Waals surface area contributed by atoms with Crippen LogP contribution in [0.1, 0.15) is 64.7 Å². The predicted molar refractivity (Wildman–Crippen MR) is 73.3 cm³/mol. The first kappa shape index (κ1) is 18.9. The van der Waals surface area contributed by atoms with E-state index in [0.29, 0.717) is 19.4 Å². The largest absolute Gasteiger partial charge is 0.481 e. The summed E-state index contributed by atoms with van der Waals surface area (Å²) in [7, 11) is 0. The Labute approximate surface area is 120 Å². The van der Waals surface area contributed by atoms with Crippen molar-refractivity contribution in [1.29, 1.82) is 0 Å². The van der Waals surface area contributed by atoms with Gasteiger partial charge in [-0.2, -0.15) is 0 Å². The lowest BCUT2D eigenvalue weighted by atomic mass is 10.1. The van der Waals surface area contributed by atoms with Crippen LogP contribution in [-0.2, 0) is 19.4 Å². The second kappa shape index (κ2) is 12.9. The Morgan fingerprint density at radius 3 is 2.25 bits per heavy atom. The SMILES string of the molecule is CCCCOOC(CCCCCCCC(=O)O)C(=O)O. The number of unbranched alkanes of at least 4 members (excludes halogenated alkanes) is 5. The fourth-order valence-electron chi connectivity index (χ4n) is 1.68. The van der Waals surface area contributed by atoms with Crippen molar-refractivity contribution in [3.05, 3.63) is 0 Å². The standard InChI is InChI=1S/C14H26O6/c1-2-3-11-19-20-12(14(17)18)9-7-5-4-6-8-10-13(15)16/h12H,2-11H2,1H3,(H,15,16)(H,17,18). The average molecular weight is 290 g/mol. The molecule has 118 valence electrons. The van der Waals surface area contributed by atoms with Crippen LogP contribution >= 0.6 is 0 Å². The third-order valence-corrected chi connectivity index (χ3v) is 2.90. The molecule has 0 aromatic heterocycles. The van der Waals surface area contributed by atoms with Crippen molar-refractivity contribution in [2.75, 3.05) is 6.61 Å². The van der Waals surface area contributed by atoms with E-state index in [-0.39, 0.29) is 6.42 Å².